The number of nitrogen functional groups attached to an aromatic ring is 1. The number of hydrogen-bond acceptors (Lipinski definition) is 4. The van der Waals surface area contributed by atoms with Gasteiger partial charge in [0.1, 0.15) is 11.6 Å². The molecule has 2 rings (SSSR count). The Morgan fingerprint density at radius 3 is 2.81 bits per heavy atom. The van der Waals surface area contributed by atoms with Crippen LogP contribution in [0.4, 0.5) is 21.7 Å². The SMILES string of the molecule is Cc1cccc(F)c1Nc1cncc(N)n1. The second-order valence-electron chi connectivity index (χ2n) is 3.39. The molecule has 2 aromatic rings. The molecule has 0 spiro atoms. The van der Waals surface area contributed by atoms with Crippen molar-refractivity contribution < 1.29 is 4.39 Å². The van der Waals surface area contributed by atoms with Gasteiger partial charge in [-0.1, -0.05) is 12.1 Å². The van der Waals surface area contributed by atoms with E-state index in [2.05, 4.69) is 15.3 Å². The van der Waals surface area contributed by atoms with E-state index < -0.39 is 0 Å². The first kappa shape index (κ1) is 10.4. The van der Waals surface area contributed by atoms with Crippen LogP contribution in [0.3, 0.4) is 0 Å². The van der Waals surface area contributed by atoms with Gasteiger partial charge in [-0.15, -0.1) is 0 Å². The van der Waals surface area contributed by atoms with Gasteiger partial charge in [-0.3, -0.25) is 4.98 Å². The lowest BCUT2D eigenvalue weighted by Gasteiger charge is -2.09. The molecular weight excluding hydrogens is 207 g/mol. The van der Waals surface area contributed by atoms with Crippen molar-refractivity contribution in [3.8, 4) is 0 Å². The predicted molar refractivity (Wildman–Crippen MR) is 60.9 cm³/mol. The van der Waals surface area contributed by atoms with Crippen LogP contribution in [0, 0.1) is 12.7 Å². The average Bonchev–Trinajstić information content (AvgIpc) is 2.24. The van der Waals surface area contributed by atoms with Gasteiger partial charge in [0.15, 0.2) is 5.82 Å². The Balaban J connectivity index is 2.34. The van der Waals surface area contributed by atoms with Crippen LogP contribution < -0.4 is 11.1 Å². The Bertz CT molecular complexity index is 493. The van der Waals surface area contributed by atoms with Crippen LogP contribution in [0.2, 0.25) is 0 Å². The average molecular weight is 218 g/mol. The van der Waals surface area contributed by atoms with Crippen LogP contribution >= 0.6 is 0 Å². The summed E-state index contributed by atoms with van der Waals surface area (Å²) in [5.41, 5.74) is 6.67. The summed E-state index contributed by atoms with van der Waals surface area (Å²) in [7, 11) is 0. The molecule has 0 aliphatic heterocycles. The molecule has 0 aliphatic rings. The maximum atomic E-state index is 13.5. The molecule has 16 heavy (non-hydrogen) atoms. The quantitative estimate of drug-likeness (QED) is 0.811. The number of para-hydroxylation sites is 1. The normalized spacial score (nSPS) is 10.1. The Labute approximate surface area is 92.3 Å². The third-order valence-electron chi connectivity index (χ3n) is 2.13. The van der Waals surface area contributed by atoms with Crippen molar-refractivity contribution in [3.05, 3.63) is 42.0 Å². The molecule has 3 N–H and O–H groups in total. The fourth-order valence-corrected chi connectivity index (χ4v) is 1.36. The lowest BCUT2D eigenvalue weighted by Crippen LogP contribution is -2.01. The number of nitrogens with two attached hydrogens (primary N) is 1. The van der Waals surface area contributed by atoms with Crippen LogP contribution in [0.15, 0.2) is 30.6 Å². The fraction of sp³-hybridized carbons (Fsp3) is 0.0909. The summed E-state index contributed by atoms with van der Waals surface area (Å²) >= 11 is 0. The molecule has 0 amide bonds. The summed E-state index contributed by atoms with van der Waals surface area (Å²) in [5.74, 6) is 0.386. The first-order chi connectivity index (χ1) is 7.66. The summed E-state index contributed by atoms with van der Waals surface area (Å²) in [6.45, 7) is 1.81. The molecule has 5 heteroatoms. The third kappa shape index (κ3) is 2.08. The number of aryl methyl sites for hydroxylation is 1. The standard InChI is InChI=1S/C11H11FN4/c1-7-3-2-4-8(12)11(7)16-10-6-14-5-9(13)15-10/h2-6H,1H3,(H3,13,15,16). The zero-order valence-corrected chi connectivity index (χ0v) is 8.74. The number of nitrogens with one attached hydrogen (secondary N) is 1. The van der Waals surface area contributed by atoms with Gasteiger partial charge in [0.05, 0.1) is 18.1 Å². The van der Waals surface area contributed by atoms with Gasteiger partial charge < -0.3 is 11.1 Å². The van der Waals surface area contributed by atoms with Crippen molar-refractivity contribution >= 4 is 17.3 Å². The Hall–Kier alpha value is -2.17. The van der Waals surface area contributed by atoms with Crippen molar-refractivity contribution in [2.75, 3.05) is 11.1 Å². The summed E-state index contributed by atoms with van der Waals surface area (Å²) in [6.07, 6.45) is 2.92. The molecule has 0 unspecified atom stereocenters. The highest BCUT2D eigenvalue weighted by molar-refractivity contribution is 5.61. The molecule has 1 aromatic heterocycles. The van der Waals surface area contributed by atoms with Crippen LogP contribution in [0.25, 0.3) is 0 Å². The van der Waals surface area contributed by atoms with Crippen molar-refractivity contribution in [3.63, 3.8) is 0 Å². The van der Waals surface area contributed by atoms with Crippen LogP contribution in [-0.4, -0.2) is 9.97 Å². The molecule has 0 saturated heterocycles. The molecule has 0 atom stereocenters. The van der Waals surface area contributed by atoms with E-state index >= 15 is 0 Å². The number of aromatic nitrogens is 2. The van der Waals surface area contributed by atoms with E-state index in [1.807, 2.05) is 13.0 Å². The monoisotopic (exact) mass is 218 g/mol. The van der Waals surface area contributed by atoms with Crippen LogP contribution in [0.5, 0.6) is 0 Å². The Kier molecular flexibility index (Phi) is 2.68. The minimum Gasteiger partial charge on any atom is -0.382 e. The number of benzene rings is 1. The lowest BCUT2D eigenvalue weighted by molar-refractivity contribution is 0.631. The van der Waals surface area contributed by atoms with Crippen LogP contribution in [0.1, 0.15) is 5.56 Å². The molecule has 0 aliphatic carbocycles. The maximum Gasteiger partial charge on any atom is 0.151 e. The highest BCUT2D eigenvalue weighted by atomic mass is 19.1. The molecule has 82 valence electrons. The van der Waals surface area contributed by atoms with E-state index in [9.17, 15) is 4.39 Å². The second kappa shape index (κ2) is 4.14. The smallest absolute Gasteiger partial charge is 0.151 e. The molecule has 1 heterocycles. The number of hydrogen-bond donors (Lipinski definition) is 2. The van der Waals surface area contributed by atoms with Crippen molar-refractivity contribution in [2.45, 2.75) is 6.92 Å². The summed E-state index contributed by atoms with van der Waals surface area (Å²) < 4.78 is 13.5. The zero-order valence-electron chi connectivity index (χ0n) is 8.74. The number of anilines is 3. The Morgan fingerprint density at radius 1 is 1.31 bits per heavy atom. The van der Waals surface area contributed by atoms with E-state index in [-0.39, 0.29) is 5.82 Å². The van der Waals surface area contributed by atoms with E-state index in [0.717, 1.165) is 5.56 Å². The maximum absolute atomic E-state index is 13.5. The van der Waals surface area contributed by atoms with Gasteiger partial charge >= 0.3 is 0 Å². The van der Waals surface area contributed by atoms with Gasteiger partial charge in [0.25, 0.3) is 0 Å². The van der Waals surface area contributed by atoms with Gasteiger partial charge in [0.2, 0.25) is 0 Å². The topological polar surface area (TPSA) is 63.8 Å². The molecular formula is C11H11FN4. The van der Waals surface area contributed by atoms with Gasteiger partial charge in [-0.05, 0) is 18.6 Å². The highest BCUT2D eigenvalue weighted by Crippen LogP contribution is 2.22. The van der Waals surface area contributed by atoms with E-state index in [4.69, 9.17) is 5.73 Å². The van der Waals surface area contributed by atoms with Gasteiger partial charge in [-0.2, -0.15) is 0 Å². The summed E-state index contributed by atoms with van der Waals surface area (Å²) in [6, 6.07) is 4.85. The summed E-state index contributed by atoms with van der Waals surface area (Å²) in [5, 5.41) is 2.85. The highest BCUT2D eigenvalue weighted by Gasteiger charge is 2.06. The van der Waals surface area contributed by atoms with Crippen molar-refractivity contribution in [1.29, 1.82) is 0 Å². The van der Waals surface area contributed by atoms with Crippen molar-refractivity contribution in [2.24, 2.45) is 0 Å². The zero-order chi connectivity index (χ0) is 11.5. The first-order valence-corrected chi connectivity index (χ1v) is 4.76. The summed E-state index contributed by atoms with van der Waals surface area (Å²) in [4.78, 5) is 7.86. The number of nitrogens with zero attached hydrogens (tertiary/aromatic N) is 2. The lowest BCUT2D eigenvalue weighted by atomic mass is 10.2. The largest absolute Gasteiger partial charge is 0.382 e. The minimum absolute atomic E-state index is 0.291. The molecule has 0 saturated carbocycles. The first-order valence-electron chi connectivity index (χ1n) is 4.76. The minimum atomic E-state index is -0.329. The number of halogens is 1. The molecule has 0 fully saturated rings. The van der Waals surface area contributed by atoms with E-state index in [1.54, 1.807) is 6.07 Å². The predicted octanol–water partition coefficient (Wildman–Crippen LogP) is 2.25. The Morgan fingerprint density at radius 2 is 2.12 bits per heavy atom. The van der Waals surface area contributed by atoms with Gasteiger partial charge in [0, 0.05) is 0 Å². The molecule has 0 radical (unpaired) electrons. The third-order valence-corrected chi connectivity index (χ3v) is 2.13. The number of rotatable bonds is 2. The van der Waals surface area contributed by atoms with Crippen molar-refractivity contribution in [1.82, 2.24) is 9.97 Å². The molecule has 1 aromatic carbocycles. The van der Waals surface area contributed by atoms with E-state index in [1.165, 1.54) is 18.5 Å². The second-order valence-corrected chi connectivity index (χ2v) is 3.39. The van der Waals surface area contributed by atoms with Gasteiger partial charge in [-0.25, -0.2) is 9.37 Å². The van der Waals surface area contributed by atoms with E-state index in [0.29, 0.717) is 17.3 Å². The van der Waals surface area contributed by atoms with Crippen LogP contribution in [-0.2, 0) is 0 Å². The fourth-order valence-electron chi connectivity index (χ4n) is 1.36. The molecule has 0 bridgehead atoms. The molecule has 4 nitrogen and oxygen atoms in total.